The minimum Gasteiger partial charge on any atom is -0.480 e. The molecular formula is C24H34N6O7S. The van der Waals surface area contributed by atoms with Gasteiger partial charge in [-0.05, 0) is 37.0 Å². The number of carbonyl (C=O) groups excluding carboxylic acids is 4. The Hall–Kier alpha value is -3.62. The molecule has 1 aromatic carbocycles. The van der Waals surface area contributed by atoms with Crippen LogP contribution in [-0.4, -0.2) is 87.1 Å². The second kappa shape index (κ2) is 14.4. The number of hydrogen-bond acceptors (Lipinski definition) is 8. The van der Waals surface area contributed by atoms with E-state index in [1.165, 1.54) is 18.7 Å². The number of fused-ring (bicyclic) bond motifs is 1. The normalized spacial score (nSPS) is 15.1. The highest BCUT2D eigenvalue weighted by molar-refractivity contribution is 7.98. The first-order chi connectivity index (χ1) is 17.9. The van der Waals surface area contributed by atoms with E-state index >= 15 is 0 Å². The zero-order valence-electron chi connectivity index (χ0n) is 21.1. The van der Waals surface area contributed by atoms with Crippen LogP contribution in [0, 0.1) is 0 Å². The van der Waals surface area contributed by atoms with Crippen molar-refractivity contribution < 1.29 is 34.2 Å². The number of rotatable bonds is 15. The number of aliphatic carboxylic acids is 1. The van der Waals surface area contributed by atoms with Crippen molar-refractivity contribution in [1.82, 2.24) is 20.9 Å². The van der Waals surface area contributed by atoms with Gasteiger partial charge >= 0.3 is 5.97 Å². The lowest BCUT2D eigenvalue weighted by molar-refractivity contribution is -0.142. The molecule has 0 aliphatic heterocycles. The van der Waals surface area contributed by atoms with Gasteiger partial charge in [-0.1, -0.05) is 18.2 Å². The van der Waals surface area contributed by atoms with Crippen LogP contribution >= 0.6 is 11.8 Å². The molecule has 38 heavy (non-hydrogen) atoms. The van der Waals surface area contributed by atoms with Crippen molar-refractivity contribution in [2.24, 2.45) is 11.5 Å². The molecule has 0 saturated heterocycles. The molecule has 4 amide bonds. The Labute approximate surface area is 223 Å². The van der Waals surface area contributed by atoms with E-state index in [1.54, 1.807) is 18.5 Å². The molecule has 2 rings (SSSR count). The maximum absolute atomic E-state index is 13.0. The van der Waals surface area contributed by atoms with Gasteiger partial charge in [-0.2, -0.15) is 11.8 Å². The summed E-state index contributed by atoms with van der Waals surface area (Å²) in [7, 11) is 0. The van der Waals surface area contributed by atoms with Crippen molar-refractivity contribution >= 4 is 52.3 Å². The van der Waals surface area contributed by atoms with Crippen LogP contribution in [0.4, 0.5) is 0 Å². The Bertz CT molecular complexity index is 1150. The molecule has 5 atom stereocenters. The van der Waals surface area contributed by atoms with Crippen LogP contribution < -0.4 is 27.4 Å². The maximum atomic E-state index is 13.0. The Kier molecular flexibility index (Phi) is 11.6. The van der Waals surface area contributed by atoms with Gasteiger partial charge in [-0.25, -0.2) is 4.79 Å². The van der Waals surface area contributed by atoms with E-state index in [-0.39, 0.29) is 12.8 Å². The number of primary amides is 1. The fraction of sp³-hybridized carbons (Fsp3) is 0.458. The second-order valence-electron chi connectivity index (χ2n) is 8.80. The number of hydrogen-bond donors (Lipinski definition) is 8. The van der Waals surface area contributed by atoms with Crippen LogP contribution in [0.3, 0.4) is 0 Å². The van der Waals surface area contributed by atoms with Gasteiger partial charge in [0.15, 0.2) is 0 Å². The summed E-state index contributed by atoms with van der Waals surface area (Å²) in [6.45, 7) is 1.32. The average molecular weight is 551 g/mol. The van der Waals surface area contributed by atoms with Gasteiger partial charge < -0.3 is 42.6 Å². The van der Waals surface area contributed by atoms with Crippen LogP contribution in [0.1, 0.15) is 25.3 Å². The van der Waals surface area contributed by atoms with Crippen molar-refractivity contribution in [3.05, 3.63) is 36.0 Å². The third-order valence-corrected chi connectivity index (χ3v) is 6.46. The number of aromatic nitrogens is 1. The number of nitrogens with two attached hydrogens (primary N) is 2. The monoisotopic (exact) mass is 550 g/mol. The van der Waals surface area contributed by atoms with Gasteiger partial charge in [0.25, 0.3) is 0 Å². The highest BCUT2D eigenvalue weighted by atomic mass is 32.2. The summed E-state index contributed by atoms with van der Waals surface area (Å²) in [4.78, 5) is 65.0. The predicted molar refractivity (Wildman–Crippen MR) is 142 cm³/mol. The molecule has 0 spiro atoms. The first-order valence-corrected chi connectivity index (χ1v) is 13.2. The number of aliphatic hydroxyl groups is 1. The van der Waals surface area contributed by atoms with Crippen LogP contribution in [0.5, 0.6) is 0 Å². The summed E-state index contributed by atoms with van der Waals surface area (Å²) in [6.07, 6.45) is 1.76. The number of thioether (sulfide) groups is 1. The van der Waals surface area contributed by atoms with Gasteiger partial charge in [-0.3, -0.25) is 19.2 Å². The summed E-state index contributed by atoms with van der Waals surface area (Å²) >= 11 is 1.41. The highest BCUT2D eigenvalue weighted by Crippen LogP contribution is 2.19. The molecule has 0 saturated carbocycles. The number of nitrogens with one attached hydrogen (secondary N) is 4. The number of carbonyl (C=O) groups is 5. The number of H-pyrrole nitrogens is 1. The molecular weight excluding hydrogens is 516 g/mol. The highest BCUT2D eigenvalue weighted by Gasteiger charge is 2.32. The van der Waals surface area contributed by atoms with Crippen molar-refractivity contribution in [3.8, 4) is 0 Å². The SMILES string of the molecule is CSCCC(NC(=O)C(N)C(C)O)C(=O)NC(CC(N)=O)C(=O)NC(Cc1c[nH]c2ccccc12)C(=O)O. The van der Waals surface area contributed by atoms with E-state index < -0.39 is 66.3 Å². The zero-order chi connectivity index (χ0) is 28.4. The minimum absolute atomic E-state index is 0.0635. The Morgan fingerprint density at radius 2 is 1.61 bits per heavy atom. The summed E-state index contributed by atoms with van der Waals surface area (Å²) < 4.78 is 0. The number of aliphatic hydroxyl groups excluding tert-OH is 1. The molecule has 1 aromatic heterocycles. The summed E-state index contributed by atoms with van der Waals surface area (Å²) in [6, 6.07) is 1.97. The lowest BCUT2D eigenvalue weighted by Crippen LogP contribution is -2.58. The van der Waals surface area contributed by atoms with Crippen LogP contribution in [0.25, 0.3) is 10.9 Å². The number of para-hydroxylation sites is 1. The molecule has 0 radical (unpaired) electrons. The predicted octanol–water partition coefficient (Wildman–Crippen LogP) is -1.41. The number of carboxylic acids is 1. The van der Waals surface area contributed by atoms with Crippen molar-refractivity contribution in [1.29, 1.82) is 0 Å². The third-order valence-electron chi connectivity index (χ3n) is 5.82. The van der Waals surface area contributed by atoms with E-state index in [4.69, 9.17) is 11.5 Å². The topological polar surface area (TPSA) is 230 Å². The molecule has 0 aliphatic rings. The quantitative estimate of drug-likeness (QED) is 0.130. The zero-order valence-corrected chi connectivity index (χ0v) is 21.9. The molecule has 14 heteroatoms. The lowest BCUT2D eigenvalue weighted by atomic mass is 10.0. The molecule has 10 N–H and O–H groups in total. The number of aromatic amines is 1. The molecule has 208 valence electrons. The number of carboxylic acid groups (broad SMARTS) is 1. The first-order valence-electron chi connectivity index (χ1n) is 11.8. The molecule has 2 aromatic rings. The second-order valence-corrected chi connectivity index (χ2v) is 9.79. The van der Waals surface area contributed by atoms with E-state index in [2.05, 4.69) is 20.9 Å². The maximum Gasteiger partial charge on any atom is 0.326 e. The summed E-state index contributed by atoms with van der Waals surface area (Å²) in [5.74, 6) is -4.27. The smallest absolute Gasteiger partial charge is 0.326 e. The molecule has 5 unspecified atom stereocenters. The lowest BCUT2D eigenvalue weighted by Gasteiger charge is -2.25. The van der Waals surface area contributed by atoms with E-state index in [0.29, 0.717) is 11.3 Å². The summed E-state index contributed by atoms with van der Waals surface area (Å²) in [5.41, 5.74) is 12.4. The van der Waals surface area contributed by atoms with Crippen molar-refractivity contribution in [3.63, 3.8) is 0 Å². The standard InChI is InChI=1S/C24H34N6O7S/c1-12(31)20(26)23(35)28-16(7-8-38-2)21(33)29-17(10-19(25)32)22(34)30-18(24(36)37)9-13-11-27-15-6-4-3-5-14(13)15/h3-6,11-12,16-18,20,27,31H,7-10,26H2,1-2H3,(H2,25,32)(H,28,35)(H,29,33)(H,30,34)(H,36,37). The van der Waals surface area contributed by atoms with E-state index in [9.17, 15) is 34.2 Å². The Morgan fingerprint density at radius 3 is 2.21 bits per heavy atom. The van der Waals surface area contributed by atoms with Crippen molar-refractivity contribution in [2.45, 2.75) is 56.5 Å². The number of benzene rings is 1. The van der Waals surface area contributed by atoms with Gasteiger partial charge in [0, 0.05) is 23.5 Å². The molecule has 13 nitrogen and oxygen atoms in total. The number of amides is 4. The molecule has 0 aliphatic carbocycles. The summed E-state index contributed by atoms with van der Waals surface area (Å²) in [5, 5.41) is 27.3. The minimum atomic E-state index is -1.50. The first kappa shape index (κ1) is 30.6. The third kappa shape index (κ3) is 8.75. The van der Waals surface area contributed by atoms with Crippen molar-refractivity contribution in [2.75, 3.05) is 12.0 Å². The van der Waals surface area contributed by atoms with Crippen LogP contribution in [0.15, 0.2) is 30.5 Å². The van der Waals surface area contributed by atoms with Crippen LogP contribution in [0.2, 0.25) is 0 Å². The van der Waals surface area contributed by atoms with Gasteiger partial charge in [0.2, 0.25) is 23.6 Å². The Morgan fingerprint density at radius 1 is 1.00 bits per heavy atom. The van der Waals surface area contributed by atoms with Gasteiger partial charge in [-0.15, -0.1) is 0 Å². The van der Waals surface area contributed by atoms with Gasteiger partial charge in [0.05, 0.1) is 12.5 Å². The molecule has 0 bridgehead atoms. The molecule has 0 fully saturated rings. The fourth-order valence-corrected chi connectivity index (χ4v) is 4.14. The van der Waals surface area contributed by atoms with Gasteiger partial charge in [0.1, 0.15) is 24.2 Å². The fourth-order valence-electron chi connectivity index (χ4n) is 3.67. The largest absolute Gasteiger partial charge is 0.480 e. The molecule has 1 heterocycles. The van der Waals surface area contributed by atoms with E-state index in [0.717, 1.165) is 10.9 Å². The Balaban J connectivity index is 2.18. The average Bonchev–Trinajstić information content (AvgIpc) is 3.27. The van der Waals surface area contributed by atoms with E-state index in [1.807, 2.05) is 18.2 Å². The van der Waals surface area contributed by atoms with Crippen LogP contribution in [-0.2, 0) is 30.4 Å².